The van der Waals surface area contributed by atoms with Gasteiger partial charge in [-0.05, 0) is 72.6 Å². The van der Waals surface area contributed by atoms with Crippen molar-refractivity contribution in [3.63, 3.8) is 0 Å². The predicted octanol–water partition coefficient (Wildman–Crippen LogP) is 5.82. The minimum absolute atomic E-state index is 0.0127. The van der Waals surface area contributed by atoms with Gasteiger partial charge < -0.3 is 41.2 Å². The number of carbonyl (C=O) groups excluding carboxylic acids is 4. The molecule has 1 aromatic heterocycles. The number of halogens is 2. The Morgan fingerprint density at radius 1 is 1.00 bits per heavy atom. The molecule has 0 bridgehead atoms. The summed E-state index contributed by atoms with van der Waals surface area (Å²) in [5.41, 5.74) is 7.79. The van der Waals surface area contributed by atoms with Crippen LogP contribution in [0.2, 0.25) is 10.0 Å². The number of nitrogens with two attached hydrogens (primary N) is 1. The number of aromatic nitrogens is 1. The molecule has 0 saturated carbocycles. The van der Waals surface area contributed by atoms with Crippen molar-refractivity contribution in [2.24, 2.45) is 11.7 Å². The SMILES string of the molecule is CCC(C)C(NC(=O)C1(NC(=O)C(CCc2ccc(OC(=O)O)cc2)NC(=O)OCc2ccccc2)CCc2[nH]c3c(Cl)cc(Cl)cc3c2C1)C(N)=O. The molecule has 0 saturated heterocycles. The van der Waals surface area contributed by atoms with E-state index in [0.29, 0.717) is 33.8 Å². The first-order valence-electron chi connectivity index (χ1n) is 17.2. The van der Waals surface area contributed by atoms with E-state index in [-0.39, 0.29) is 44.0 Å². The lowest BCUT2D eigenvalue weighted by atomic mass is 9.78. The van der Waals surface area contributed by atoms with Crippen LogP contribution in [0.4, 0.5) is 9.59 Å². The summed E-state index contributed by atoms with van der Waals surface area (Å²) in [6.07, 6.45) is -0.929. The van der Waals surface area contributed by atoms with Crippen molar-refractivity contribution in [2.75, 3.05) is 0 Å². The molecule has 0 radical (unpaired) electrons. The van der Waals surface area contributed by atoms with E-state index < -0.39 is 47.6 Å². The molecule has 1 aliphatic rings. The topological polar surface area (TPSA) is 202 Å². The van der Waals surface area contributed by atoms with E-state index in [2.05, 4.69) is 25.7 Å². The summed E-state index contributed by atoms with van der Waals surface area (Å²) >= 11 is 12.9. The van der Waals surface area contributed by atoms with Gasteiger partial charge in [0.25, 0.3) is 0 Å². The molecule has 1 heterocycles. The number of ether oxygens (including phenoxy) is 2. The normalized spacial score (nSPS) is 16.8. The van der Waals surface area contributed by atoms with Gasteiger partial charge in [0.15, 0.2) is 0 Å². The molecule has 13 nitrogen and oxygen atoms in total. The van der Waals surface area contributed by atoms with E-state index in [9.17, 15) is 24.0 Å². The highest BCUT2D eigenvalue weighted by Crippen LogP contribution is 2.38. The van der Waals surface area contributed by atoms with Crippen LogP contribution in [0.15, 0.2) is 66.7 Å². The molecule has 53 heavy (non-hydrogen) atoms. The van der Waals surface area contributed by atoms with Gasteiger partial charge in [0.2, 0.25) is 17.7 Å². The van der Waals surface area contributed by atoms with E-state index >= 15 is 0 Å². The van der Waals surface area contributed by atoms with Crippen molar-refractivity contribution in [3.8, 4) is 5.75 Å². The lowest BCUT2D eigenvalue weighted by Crippen LogP contribution is -2.66. The highest BCUT2D eigenvalue weighted by Gasteiger charge is 2.46. The van der Waals surface area contributed by atoms with Gasteiger partial charge in [-0.1, -0.05) is 85.9 Å². The summed E-state index contributed by atoms with van der Waals surface area (Å²) in [7, 11) is 0. The van der Waals surface area contributed by atoms with Crippen LogP contribution >= 0.6 is 23.2 Å². The number of rotatable bonds is 14. The summed E-state index contributed by atoms with van der Waals surface area (Å²) in [5, 5.41) is 18.8. The Labute approximate surface area is 315 Å². The Kier molecular flexibility index (Phi) is 12.5. The number of amides is 4. The minimum Gasteiger partial charge on any atom is -0.449 e. The monoisotopic (exact) mass is 765 g/mol. The van der Waals surface area contributed by atoms with Gasteiger partial charge in [0.05, 0.1) is 10.5 Å². The fourth-order valence-corrected chi connectivity index (χ4v) is 7.01. The Morgan fingerprint density at radius 2 is 1.72 bits per heavy atom. The molecule has 15 heteroatoms. The summed E-state index contributed by atoms with van der Waals surface area (Å²) in [5.74, 6) is -2.16. The summed E-state index contributed by atoms with van der Waals surface area (Å²) in [6.45, 7) is 3.62. The van der Waals surface area contributed by atoms with E-state index in [0.717, 1.165) is 22.4 Å². The van der Waals surface area contributed by atoms with Crippen LogP contribution in [0.3, 0.4) is 0 Å². The number of nitrogens with one attached hydrogen (secondary N) is 4. The standard InChI is InChI=1S/C38H41Cl2N5O8/c1-3-21(2)31(33(41)46)44-35(48)38(16-15-29-27(19-38)26-17-24(39)18-28(40)32(26)42-29)45-34(47)30(43-36(49)52-20-23-7-5-4-6-8-23)14-11-22-9-12-25(13-10-22)53-37(50)51/h4-10,12-13,17-18,21,30-31,42H,3,11,14-16,19-20H2,1-2H3,(H2,41,46)(H,43,49)(H,44,48)(H,45,47)(H,50,51). The fourth-order valence-electron chi connectivity index (χ4n) is 6.47. The first-order valence-corrected chi connectivity index (χ1v) is 17.9. The third-order valence-electron chi connectivity index (χ3n) is 9.58. The molecule has 4 aromatic rings. The van der Waals surface area contributed by atoms with Crippen LogP contribution in [-0.2, 0) is 45.0 Å². The van der Waals surface area contributed by atoms with Gasteiger partial charge in [0.1, 0.15) is 30.0 Å². The van der Waals surface area contributed by atoms with Crippen LogP contribution in [0, 0.1) is 5.92 Å². The van der Waals surface area contributed by atoms with Gasteiger partial charge in [-0.2, -0.15) is 0 Å². The number of alkyl carbamates (subject to hydrolysis) is 1. The summed E-state index contributed by atoms with van der Waals surface area (Å²) in [4.78, 5) is 68.7. The fraction of sp³-hybridized carbons (Fsp3) is 0.342. The van der Waals surface area contributed by atoms with Crippen molar-refractivity contribution < 1.29 is 38.6 Å². The van der Waals surface area contributed by atoms with Gasteiger partial charge >= 0.3 is 12.2 Å². The van der Waals surface area contributed by atoms with Crippen LogP contribution in [-0.4, -0.2) is 57.7 Å². The molecule has 4 atom stereocenters. The highest BCUT2D eigenvalue weighted by atomic mass is 35.5. The zero-order valence-electron chi connectivity index (χ0n) is 29.2. The number of carboxylic acid groups (broad SMARTS) is 1. The number of aromatic amines is 1. The third-order valence-corrected chi connectivity index (χ3v) is 10.1. The second-order valence-corrected chi connectivity index (χ2v) is 14.0. The molecule has 4 amide bonds. The van der Waals surface area contributed by atoms with Gasteiger partial charge in [-0.3, -0.25) is 14.4 Å². The lowest BCUT2D eigenvalue weighted by molar-refractivity contribution is -0.137. The second-order valence-electron chi connectivity index (χ2n) is 13.2. The van der Waals surface area contributed by atoms with Crippen LogP contribution in [0.1, 0.15) is 55.5 Å². The van der Waals surface area contributed by atoms with Crippen molar-refractivity contribution in [1.29, 1.82) is 0 Å². The number of hydrogen-bond donors (Lipinski definition) is 6. The number of primary amides is 1. The molecular formula is C38H41Cl2N5O8. The molecule has 0 spiro atoms. The number of carbonyl (C=O) groups is 5. The maximum Gasteiger partial charge on any atom is 0.511 e. The molecule has 280 valence electrons. The first-order chi connectivity index (χ1) is 25.3. The second kappa shape index (κ2) is 17.0. The van der Waals surface area contributed by atoms with Crippen molar-refractivity contribution in [3.05, 3.63) is 99.2 Å². The molecule has 0 fully saturated rings. The number of aryl methyl sites for hydroxylation is 2. The zero-order chi connectivity index (χ0) is 38.3. The molecule has 3 aromatic carbocycles. The lowest BCUT2D eigenvalue weighted by Gasteiger charge is -2.39. The molecule has 1 aliphatic carbocycles. The number of benzene rings is 3. The molecule has 4 unspecified atom stereocenters. The van der Waals surface area contributed by atoms with Gasteiger partial charge in [0, 0.05) is 22.5 Å². The van der Waals surface area contributed by atoms with E-state index in [1.165, 1.54) is 12.1 Å². The molecule has 7 N–H and O–H groups in total. The van der Waals surface area contributed by atoms with Crippen molar-refractivity contribution in [2.45, 2.75) is 76.6 Å². The van der Waals surface area contributed by atoms with Crippen LogP contribution < -0.4 is 26.4 Å². The van der Waals surface area contributed by atoms with Gasteiger partial charge in [-0.25, -0.2) is 9.59 Å². The maximum absolute atomic E-state index is 14.4. The van der Waals surface area contributed by atoms with Crippen molar-refractivity contribution >= 4 is 64.1 Å². The first kappa shape index (κ1) is 38.9. The molecule has 0 aliphatic heterocycles. The Bertz CT molecular complexity index is 1990. The maximum atomic E-state index is 14.4. The van der Waals surface area contributed by atoms with Crippen LogP contribution in [0.5, 0.6) is 5.75 Å². The number of fused-ring (bicyclic) bond motifs is 3. The molecule has 5 rings (SSSR count). The third kappa shape index (κ3) is 9.59. The Morgan fingerprint density at radius 3 is 2.38 bits per heavy atom. The van der Waals surface area contributed by atoms with Crippen LogP contribution in [0.25, 0.3) is 10.9 Å². The van der Waals surface area contributed by atoms with E-state index in [1.807, 2.05) is 13.0 Å². The predicted molar refractivity (Wildman–Crippen MR) is 199 cm³/mol. The summed E-state index contributed by atoms with van der Waals surface area (Å²) in [6, 6.07) is 16.4. The zero-order valence-corrected chi connectivity index (χ0v) is 30.7. The minimum atomic E-state index is -1.58. The largest absolute Gasteiger partial charge is 0.511 e. The molecular weight excluding hydrogens is 725 g/mol. The average Bonchev–Trinajstić information content (AvgIpc) is 3.49. The smallest absolute Gasteiger partial charge is 0.449 e. The number of hydrogen-bond acceptors (Lipinski definition) is 7. The van der Waals surface area contributed by atoms with Gasteiger partial charge in [-0.15, -0.1) is 0 Å². The van der Waals surface area contributed by atoms with Crippen molar-refractivity contribution in [1.82, 2.24) is 20.9 Å². The number of H-pyrrole nitrogens is 1. The summed E-state index contributed by atoms with van der Waals surface area (Å²) < 4.78 is 10.1. The Hall–Kier alpha value is -5.27. The quantitative estimate of drug-likeness (QED) is 0.0681. The Balaban J connectivity index is 1.45. The average molecular weight is 767 g/mol. The highest BCUT2D eigenvalue weighted by molar-refractivity contribution is 6.38. The van der Waals surface area contributed by atoms with E-state index in [4.69, 9.17) is 38.8 Å². The van der Waals surface area contributed by atoms with E-state index in [1.54, 1.807) is 55.5 Å².